The van der Waals surface area contributed by atoms with E-state index in [2.05, 4.69) is 41.1 Å². The van der Waals surface area contributed by atoms with Gasteiger partial charge >= 0.3 is 6.03 Å². The highest BCUT2D eigenvalue weighted by Crippen LogP contribution is 2.45. The fourth-order valence-corrected chi connectivity index (χ4v) is 7.03. The highest BCUT2D eigenvalue weighted by Gasteiger charge is 2.44. The molecule has 2 fully saturated rings. The lowest BCUT2D eigenvalue weighted by Crippen LogP contribution is -2.48. The summed E-state index contributed by atoms with van der Waals surface area (Å²) in [6.07, 6.45) is 1.21. The monoisotopic (exact) mass is 554 g/mol. The molecule has 1 N–H and O–H groups in total. The number of benzene rings is 3. The molecule has 8 heteroatoms. The topological polar surface area (TPSA) is 38.8 Å². The summed E-state index contributed by atoms with van der Waals surface area (Å²) >= 11 is 19.9. The SMILES string of the molecule is CC(C)N1CC2CC1CN2Cc1cc(-c2ccccc2Cl)c2c(c1)N(c1c(Cl)cccc1Cl)C(=O)NC2. The lowest BCUT2D eigenvalue weighted by atomic mass is 9.93. The Balaban J connectivity index is 1.46. The van der Waals surface area contributed by atoms with E-state index in [1.54, 1.807) is 23.1 Å². The average molecular weight is 556 g/mol. The third-order valence-corrected chi connectivity index (χ3v) is 8.86. The van der Waals surface area contributed by atoms with Crippen LogP contribution in [0.15, 0.2) is 54.6 Å². The molecule has 5 nitrogen and oxygen atoms in total. The first kappa shape index (κ1) is 25.0. The standard InChI is InChI=1S/C29H29Cl3N4O/c1-17(2)35-16-19-12-20(35)15-34(19)14-18-10-22(21-6-3-4-7-24(21)30)23-13-33-29(37)36(27(23)11-18)28-25(31)8-5-9-26(28)32/h3-11,17,19-20H,12-16H2,1-2H3,(H,33,37). The van der Waals surface area contributed by atoms with Crippen molar-refractivity contribution in [3.8, 4) is 11.1 Å². The molecule has 2 saturated heterocycles. The molecule has 192 valence electrons. The Kier molecular flexibility index (Phi) is 6.62. The van der Waals surface area contributed by atoms with Crippen LogP contribution in [0.2, 0.25) is 15.1 Å². The molecular weight excluding hydrogens is 527 g/mol. The van der Waals surface area contributed by atoms with Gasteiger partial charge in [0.2, 0.25) is 0 Å². The molecule has 0 aromatic heterocycles. The predicted octanol–water partition coefficient (Wildman–Crippen LogP) is 7.34. The molecule has 2 amide bonds. The Bertz CT molecular complexity index is 1360. The van der Waals surface area contributed by atoms with Gasteiger partial charge in [0.15, 0.2) is 0 Å². The molecule has 0 spiro atoms. The zero-order chi connectivity index (χ0) is 25.8. The van der Waals surface area contributed by atoms with Crippen LogP contribution >= 0.6 is 34.8 Å². The summed E-state index contributed by atoms with van der Waals surface area (Å²) in [5.41, 5.74) is 5.36. The van der Waals surface area contributed by atoms with E-state index in [0.29, 0.717) is 45.4 Å². The van der Waals surface area contributed by atoms with Crippen LogP contribution < -0.4 is 10.2 Å². The van der Waals surface area contributed by atoms with Crippen LogP contribution in [-0.4, -0.2) is 47.0 Å². The second-order valence-electron chi connectivity index (χ2n) is 10.4. The van der Waals surface area contributed by atoms with Crippen LogP contribution in [0, 0.1) is 0 Å². The van der Waals surface area contributed by atoms with Crippen LogP contribution in [0.25, 0.3) is 11.1 Å². The second kappa shape index (κ2) is 9.79. The number of nitrogens with zero attached hydrogens (tertiary/aromatic N) is 3. The Morgan fingerprint density at radius 3 is 2.32 bits per heavy atom. The molecule has 2 atom stereocenters. The van der Waals surface area contributed by atoms with Crippen molar-refractivity contribution >= 4 is 52.2 Å². The van der Waals surface area contributed by atoms with Gasteiger partial charge in [-0.3, -0.25) is 14.7 Å². The number of para-hydroxylation sites is 1. The number of carbonyl (C=O) groups excluding carboxylic acids is 1. The highest BCUT2D eigenvalue weighted by atomic mass is 35.5. The van der Waals surface area contributed by atoms with Gasteiger partial charge in [-0.1, -0.05) is 59.1 Å². The first-order valence-electron chi connectivity index (χ1n) is 12.7. The minimum Gasteiger partial charge on any atom is -0.333 e. The number of anilines is 2. The Morgan fingerprint density at radius 2 is 1.65 bits per heavy atom. The number of likely N-dealkylation sites (tertiary alicyclic amines) is 2. The van der Waals surface area contributed by atoms with Crippen molar-refractivity contribution in [2.75, 3.05) is 18.0 Å². The largest absolute Gasteiger partial charge is 0.333 e. The van der Waals surface area contributed by atoms with Crippen molar-refractivity contribution in [1.82, 2.24) is 15.1 Å². The van der Waals surface area contributed by atoms with Crippen molar-refractivity contribution in [1.29, 1.82) is 0 Å². The van der Waals surface area contributed by atoms with Gasteiger partial charge < -0.3 is 5.32 Å². The maximum atomic E-state index is 13.3. The van der Waals surface area contributed by atoms with E-state index in [0.717, 1.165) is 47.6 Å². The maximum absolute atomic E-state index is 13.3. The van der Waals surface area contributed by atoms with Gasteiger partial charge in [-0.25, -0.2) is 4.79 Å². The van der Waals surface area contributed by atoms with E-state index in [1.165, 1.54) is 6.42 Å². The molecule has 2 unspecified atom stereocenters. The molecule has 37 heavy (non-hydrogen) atoms. The first-order valence-corrected chi connectivity index (χ1v) is 13.9. The van der Waals surface area contributed by atoms with E-state index in [9.17, 15) is 4.79 Å². The number of amides is 2. The van der Waals surface area contributed by atoms with Crippen molar-refractivity contribution in [2.24, 2.45) is 0 Å². The normalized spacial score (nSPS) is 21.6. The molecule has 6 rings (SSSR count). The number of halogens is 3. The van der Waals surface area contributed by atoms with Gasteiger partial charge in [-0.05, 0) is 61.7 Å². The zero-order valence-corrected chi connectivity index (χ0v) is 23.1. The second-order valence-corrected chi connectivity index (χ2v) is 11.7. The van der Waals surface area contributed by atoms with Gasteiger partial charge in [-0.15, -0.1) is 0 Å². The van der Waals surface area contributed by atoms with Crippen LogP contribution in [0.4, 0.5) is 16.2 Å². The number of nitrogens with one attached hydrogen (secondary N) is 1. The molecule has 3 aliphatic heterocycles. The summed E-state index contributed by atoms with van der Waals surface area (Å²) in [5, 5.41) is 4.53. The molecule has 3 aliphatic rings. The van der Waals surface area contributed by atoms with Crippen LogP contribution in [0.1, 0.15) is 31.4 Å². The quantitative estimate of drug-likeness (QED) is 0.358. The summed E-state index contributed by atoms with van der Waals surface area (Å²) in [5.74, 6) is 0. The summed E-state index contributed by atoms with van der Waals surface area (Å²) in [6, 6.07) is 19.0. The van der Waals surface area contributed by atoms with E-state index >= 15 is 0 Å². The number of hydrogen-bond donors (Lipinski definition) is 1. The summed E-state index contributed by atoms with van der Waals surface area (Å²) in [6.45, 7) is 7.93. The Morgan fingerprint density at radius 1 is 0.919 bits per heavy atom. The molecule has 0 saturated carbocycles. The van der Waals surface area contributed by atoms with Crippen molar-refractivity contribution in [3.05, 3.63) is 80.8 Å². The maximum Gasteiger partial charge on any atom is 0.326 e. The van der Waals surface area contributed by atoms with Gasteiger partial charge in [0.1, 0.15) is 0 Å². The lowest BCUT2D eigenvalue weighted by molar-refractivity contribution is 0.0999. The Hall–Kier alpha value is -2.28. The van der Waals surface area contributed by atoms with Gasteiger partial charge in [-0.2, -0.15) is 0 Å². The number of carbonyl (C=O) groups is 1. The third-order valence-electron chi connectivity index (χ3n) is 7.92. The lowest BCUT2D eigenvalue weighted by Gasteiger charge is -2.37. The molecule has 3 heterocycles. The smallest absolute Gasteiger partial charge is 0.326 e. The molecule has 3 aromatic rings. The van der Waals surface area contributed by atoms with Crippen LogP contribution in [-0.2, 0) is 13.1 Å². The molecule has 2 bridgehead atoms. The molecule has 3 aromatic carbocycles. The van der Waals surface area contributed by atoms with E-state index < -0.39 is 0 Å². The predicted molar refractivity (Wildman–Crippen MR) is 152 cm³/mol. The van der Waals surface area contributed by atoms with Crippen molar-refractivity contribution < 1.29 is 4.79 Å². The fraction of sp³-hybridized carbons (Fsp3) is 0.345. The van der Waals surface area contributed by atoms with E-state index in [1.807, 2.05) is 24.3 Å². The van der Waals surface area contributed by atoms with Gasteiger partial charge in [0.25, 0.3) is 0 Å². The number of piperazine rings is 1. The van der Waals surface area contributed by atoms with E-state index in [-0.39, 0.29) is 6.03 Å². The molecule has 0 aliphatic carbocycles. The number of rotatable bonds is 5. The van der Waals surface area contributed by atoms with Crippen molar-refractivity contribution in [2.45, 2.75) is 51.5 Å². The minimum absolute atomic E-state index is 0.252. The van der Waals surface area contributed by atoms with Crippen molar-refractivity contribution in [3.63, 3.8) is 0 Å². The number of fused-ring (bicyclic) bond motifs is 3. The first-order chi connectivity index (χ1) is 17.8. The summed E-state index contributed by atoms with van der Waals surface area (Å²) < 4.78 is 0. The highest BCUT2D eigenvalue weighted by molar-refractivity contribution is 6.40. The average Bonchev–Trinajstić information content (AvgIpc) is 3.46. The van der Waals surface area contributed by atoms with Gasteiger partial charge in [0.05, 0.1) is 21.4 Å². The Labute approximate surface area is 232 Å². The summed E-state index contributed by atoms with van der Waals surface area (Å²) in [4.78, 5) is 20.1. The zero-order valence-electron chi connectivity index (χ0n) is 20.8. The van der Waals surface area contributed by atoms with Crippen LogP contribution in [0.3, 0.4) is 0 Å². The summed E-state index contributed by atoms with van der Waals surface area (Å²) in [7, 11) is 0. The minimum atomic E-state index is -0.252. The third kappa shape index (κ3) is 4.41. The molecular formula is C29H29Cl3N4O. The van der Waals surface area contributed by atoms with Crippen LogP contribution in [0.5, 0.6) is 0 Å². The number of hydrogen-bond acceptors (Lipinski definition) is 3. The fourth-order valence-electron chi connectivity index (χ4n) is 6.23. The molecule has 0 radical (unpaired) electrons. The number of urea groups is 1. The van der Waals surface area contributed by atoms with Gasteiger partial charge in [0, 0.05) is 60.5 Å². The van der Waals surface area contributed by atoms with E-state index in [4.69, 9.17) is 34.8 Å².